The molecule has 1 aromatic carbocycles. The van der Waals surface area contributed by atoms with Crippen molar-refractivity contribution in [3.8, 4) is 0 Å². The predicted molar refractivity (Wildman–Crippen MR) is 88.7 cm³/mol. The van der Waals surface area contributed by atoms with Crippen LogP contribution in [0.15, 0.2) is 40.6 Å². The lowest BCUT2D eigenvalue weighted by Gasteiger charge is -2.23. The van der Waals surface area contributed by atoms with E-state index in [9.17, 15) is 8.42 Å². The first-order valence-corrected chi connectivity index (χ1v) is 10.2. The number of aryl methyl sites for hydroxylation is 2. The van der Waals surface area contributed by atoms with Gasteiger partial charge in [0, 0.05) is 11.4 Å². The number of rotatable bonds is 3. The summed E-state index contributed by atoms with van der Waals surface area (Å²) in [7, 11) is -3.40. The molecular weight excluding hydrogens is 314 g/mol. The molecule has 1 aromatic heterocycles. The average Bonchev–Trinajstić information content (AvgIpc) is 3.25. The molecule has 0 saturated carbocycles. The van der Waals surface area contributed by atoms with E-state index < -0.39 is 10.0 Å². The molecule has 2 aliphatic rings. The van der Waals surface area contributed by atoms with Gasteiger partial charge in [-0.05, 0) is 66.8 Å². The lowest BCUT2D eigenvalue weighted by Crippen LogP contribution is -2.30. The number of hydrogen-bond acceptors (Lipinski definition) is 3. The zero-order valence-corrected chi connectivity index (χ0v) is 14.0. The number of hydrogen-bond donors (Lipinski definition) is 0. The molecule has 0 bridgehead atoms. The molecule has 5 heteroatoms. The van der Waals surface area contributed by atoms with E-state index in [2.05, 4.69) is 0 Å². The molecule has 2 heterocycles. The Morgan fingerprint density at radius 2 is 1.95 bits per heavy atom. The van der Waals surface area contributed by atoms with Crippen molar-refractivity contribution in [1.82, 2.24) is 4.31 Å². The second-order valence-electron chi connectivity index (χ2n) is 6.07. The molecule has 1 atom stereocenters. The second-order valence-corrected chi connectivity index (χ2v) is 8.94. The molecule has 0 radical (unpaired) electrons. The highest BCUT2D eigenvalue weighted by atomic mass is 32.2. The first kappa shape index (κ1) is 14.4. The first-order chi connectivity index (χ1) is 10.7. The van der Waals surface area contributed by atoms with Crippen molar-refractivity contribution in [3.63, 3.8) is 0 Å². The molecule has 0 unspecified atom stereocenters. The van der Waals surface area contributed by atoms with E-state index in [1.165, 1.54) is 11.1 Å². The van der Waals surface area contributed by atoms with E-state index in [-0.39, 0.29) is 6.04 Å². The Morgan fingerprint density at radius 3 is 2.77 bits per heavy atom. The maximum absolute atomic E-state index is 13.1. The monoisotopic (exact) mass is 333 g/mol. The Morgan fingerprint density at radius 1 is 1.09 bits per heavy atom. The molecule has 116 valence electrons. The van der Waals surface area contributed by atoms with Crippen LogP contribution in [-0.2, 0) is 22.9 Å². The molecule has 22 heavy (non-hydrogen) atoms. The molecule has 0 spiro atoms. The maximum Gasteiger partial charge on any atom is 0.243 e. The normalized spacial score (nSPS) is 22.1. The Hall–Kier alpha value is -1.17. The maximum atomic E-state index is 13.1. The van der Waals surface area contributed by atoms with Crippen molar-refractivity contribution in [2.75, 3.05) is 6.54 Å². The Bertz CT molecular complexity index is 781. The van der Waals surface area contributed by atoms with Gasteiger partial charge in [-0.3, -0.25) is 0 Å². The quantitative estimate of drug-likeness (QED) is 0.857. The van der Waals surface area contributed by atoms with E-state index >= 15 is 0 Å². The second kappa shape index (κ2) is 5.48. The number of thiophene rings is 1. The third-order valence-electron chi connectivity index (χ3n) is 4.75. The number of benzene rings is 1. The summed E-state index contributed by atoms with van der Waals surface area (Å²) >= 11 is 1.65. The van der Waals surface area contributed by atoms with Crippen LogP contribution in [0.5, 0.6) is 0 Å². The van der Waals surface area contributed by atoms with Crippen molar-refractivity contribution in [2.45, 2.75) is 43.0 Å². The van der Waals surface area contributed by atoms with E-state index in [0.717, 1.165) is 37.0 Å². The van der Waals surface area contributed by atoms with E-state index in [1.807, 2.05) is 29.6 Å². The highest BCUT2D eigenvalue weighted by molar-refractivity contribution is 7.89. The minimum absolute atomic E-state index is 0.0123. The summed E-state index contributed by atoms with van der Waals surface area (Å²) in [6.45, 7) is 0.627. The van der Waals surface area contributed by atoms with Gasteiger partial charge in [0.25, 0.3) is 0 Å². The van der Waals surface area contributed by atoms with Gasteiger partial charge < -0.3 is 0 Å². The van der Waals surface area contributed by atoms with Crippen molar-refractivity contribution < 1.29 is 8.42 Å². The Kier molecular flexibility index (Phi) is 3.59. The van der Waals surface area contributed by atoms with Crippen LogP contribution in [0.25, 0.3) is 0 Å². The van der Waals surface area contributed by atoms with E-state index in [0.29, 0.717) is 11.4 Å². The lowest BCUT2D eigenvalue weighted by molar-refractivity contribution is 0.401. The van der Waals surface area contributed by atoms with Gasteiger partial charge in [0.1, 0.15) is 0 Å². The summed E-state index contributed by atoms with van der Waals surface area (Å²) in [4.78, 5) is 1.62. The number of nitrogens with zero attached hydrogens (tertiary/aromatic N) is 1. The molecule has 3 nitrogen and oxygen atoms in total. The summed E-state index contributed by atoms with van der Waals surface area (Å²) in [5, 5.41) is 2.02. The fourth-order valence-corrected chi connectivity index (χ4v) is 6.30. The Balaban J connectivity index is 1.71. The van der Waals surface area contributed by atoms with Crippen LogP contribution >= 0.6 is 11.3 Å². The van der Waals surface area contributed by atoms with Gasteiger partial charge in [-0.25, -0.2) is 8.42 Å². The van der Waals surface area contributed by atoms with Gasteiger partial charge in [-0.2, -0.15) is 4.31 Å². The molecule has 0 N–H and O–H groups in total. The van der Waals surface area contributed by atoms with Gasteiger partial charge in [0.05, 0.1) is 10.9 Å². The fraction of sp³-hybridized carbons (Fsp3) is 0.412. The lowest BCUT2D eigenvalue weighted by atomic mass is 10.1. The van der Waals surface area contributed by atoms with Crippen molar-refractivity contribution in [2.24, 2.45) is 0 Å². The standard InChI is InChI=1S/C17H19NO2S2/c19-22(20,15-9-8-13-4-1-5-14(13)12-15)18-10-2-6-16(18)17-7-3-11-21-17/h3,7-9,11-12,16H,1-2,4-6,10H2/t16-/m1/s1. The van der Waals surface area contributed by atoms with Crippen molar-refractivity contribution in [1.29, 1.82) is 0 Å². The summed E-state index contributed by atoms with van der Waals surface area (Å²) in [5.41, 5.74) is 2.53. The van der Waals surface area contributed by atoms with Gasteiger partial charge in [0.15, 0.2) is 0 Å². The summed E-state index contributed by atoms with van der Waals surface area (Å²) in [6.07, 6.45) is 5.09. The highest BCUT2D eigenvalue weighted by Gasteiger charge is 2.36. The number of sulfonamides is 1. The average molecular weight is 333 g/mol. The largest absolute Gasteiger partial charge is 0.243 e. The summed E-state index contributed by atoms with van der Waals surface area (Å²) < 4.78 is 27.8. The zero-order chi connectivity index (χ0) is 15.2. The molecule has 1 fully saturated rings. The van der Waals surface area contributed by atoms with E-state index in [1.54, 1.807) is 21.7 Å². The third kappa shape index (κ3) is 2.32. The SMILES string of the molecule is O=S(=O)(c1ccc2c(c1)CCC2)N1CCC[C@@H]1c1cccs1. The molecule has 0 amide bonds. The van der Waals surface area contributed by atoms with Gasteiger partial charge >= 0.3 is 0 Å². The molecule has 2 aromatic rings. The van der Waals surface area contributed by atoms with Crippen LogP contribution in [0.2, 0.25) is 0 Å². The first-order valence-electron chi connectivity index (χ1n) is 7.83. The smallest absolute Gasteiger partial charge is 0.207 e. The molecule has 4 rings (SSSR count). The highest BCUT2D eigenvalue weighted by Crippen LogP contribution is 2.39. The van der Waals surface area contributed by atoms with Crippen LogP contribution in [0.1, 0.15) is 41.3 Å². The summed E-state index contributed by atoms with van der Waals surface area (Å²) in [6, 6.07) is 9.76. The minimum atomic E-state index is -3.40. The van der Waals surface area contributed by atoms with Gasteiger partial charge in [-0.1, -0.05) is 12.1 Å². The predicted octanol–water partition coefficient (Wildman–Crippen LogP) is 3.76. The van der Waals surface area contributed by atoms with E-state index in [4.69, 9.17) is 0 Å². The van der Waals surface area contributed by atoms with Crippen LogP contribution in [-0.4, -0.2) is 19.3 Å². The topological polar surface area (TPSA) is 37.4 Å². The van der Waals surface area contributed by atoms with Crippen molar-refractivity contribution in [3.05, 3.63) is 51.7 Å². The van der Waals surface area contributed by atoms with Crippen molar-refractivity contribution >= 4 is 21.4 Å². The summed E-state index contributed by atoms with van der Waals surface area (Å²) in [5.74, 6) is 0. The molecule has 1 aliphatic carbocycles. The van der Waals surface area contributed by atoms with Crippen LogP contribution in [0.4, 0.5) is 0 Å². The van der Waals surface area contributed by atoms with Gasteiger partial charge in [0.2, 0.25) is 10.0 Å². The van der Waals surface area contributed by atoms with Crippen LogP contribution in [0, 0.1) is 0 Å². The van der Waals surface area contributed by atoms with Crippen LogP contribution in [0.3, 0.4) is 0 Å². The van der Waals surface area contributed by atoms with Gasteiger partial charge in [-0.15, -0.1) is 11.3 Å². The zero-order valence-electron chi connectivity index (χ0n) is 12.4. The third-order valence-corrected chi connectivity index (χ3v) is 7.63. The molecular formula is C17H19NO2S2. The number of fused-ring (bicyclic) bond motifs is 1. The Labute approximate surface area is 135 Å². The minimum Gasteiger partial charge on any atom is -0.207 e. The molecule has 1 aliphatic heterocycles. The van der Waals surface area contributed by atoms with Crippen LogP contribution < -0.4 is 0 Å². The fourth-order valence-electron chi connectivity index (χ4n) is 3.64. The molecule has 1 saturated heterocycles.